The first-order valence-electron chi connectivity index (χ1n) is 13.1. The highest BCUT2D eigenvalue weighted by atomic mass is 79.9. The third-order valence-electron chi connectivity index (χ3n) is 6.63. The van der Waals surface area contributed by atoms with Crippen LogP contribution in [-0.2, 0) is 0 Å². The average Bonchev–Trinajstić information content (AvgIpc) is 2.69. The van der Waals surface area contributed by atoms with Crippen molar-refractivity contribution >= 4 is 34.1 Å². The van der Waals surface area contributed by atoms with Crippen molar-refractivity contribution in [1.29, 1.82) is 0 Å². The van der Waals surface area contributed by atoms with Gasteiger partial charge in [-0.25, -0.2) is 0 Å². The molecule has 180 valence electrons. The lowest BCUT2D eigenvalue weighted by molar-refractivity contribution is 0.615. The number of unbranched alkanes of at least 4 members (excludes halogenated alkanes) is 15. The SMILES string of the molecule is Br.CCCCCCCC[P+](CC)(CCCCCCCC)CCCCCCCC.P. The van der Waals surface area contributed by atoms with Gasteiger partial charge in [0.25, 0.3) is 0 Å². The molecule has 0 N–H and O–H groups in total. The molecule has 0 aromatic rings. The molecule has 0 nitrogen and oxygen atoms in total. The molecule has 1 unspecified atom stereocenters. The standard InChI is InChI=1S/C26H56P.BrH.H3P/c1-5-9-12-15-18-21-24-27(8-4,25-22-19-16-13-10-6-2)26-23-20-17-14-11-7-3;;/h5-26H2,1-4H3;1H;1H3/q+1;;. The lowest BCUT2D eigenvalue weighted by Gasteiger charge is -2.27. The van der Waals surface area contributed by atoms with Crippen LogP contribution in [0.2, 0.25) is 0 Å². The smallest absolute Gasteiger partial charge is 0.0594 e. The summed E-state index contributed by atoms with van der Waals surface area (Å²) < 4.78 is 0. The summed E-state index contributed by atoms with van der Waals surface area (Å²) in [6, 6.07) is 0. The first-order valence-corrected chi connectivity index (χ1v) is 15.6. The summed E-state index contributed by atoms with van der Waals surface area (Å²) in [5, 5.41) is 0. The molecule has 0 bridgehead atoms. The van der Waals surface area contributed by atoms with Crippen molar-refractivity contribution in [1.82, 2.24) is 0 Å². The van der Waals surface area contributed by atoms with E-state index in [4.69, 9.17) is 0 Å². The number of halogens is 1. The molecule has 0 aliphatic heterocycles. The van der Waals surface area contributed by atoms with E-state index in [1.807, 2.05) is 0 Å². The molecule has 0 aromatic heterocycles. The Labute approximate surface area is 201 Å². The van der Waals surface area contributed by atoms with E-state index in [9.17, 15) is 0 Å². The number of hydrogen-bond acceptors (Lipinski definition) is 0. The Balaban J connectivity index is -0.00000338. The zero-order valence-electron chi connectivity index (χ0n) is 21.1. The van der Waals surface area contributed by atoms with E-state index in [2.05, 4.69) is 27.7 Å². The van der Waals surface area contributed by atoms with E-state index >= 15 is 0 Å². The van der Waals surface area contributed by atoms with Crippen LogP contribution in [0.5, 0.6) is 0 Å². The van der Waals surface area contributed by atoms with Gasteiger partial charge in [0, 0.05) is 7.26 Å². The van der Waals surface area contributed by atoms with Crippen LogP contribution < -0.4 is 0 Å². The molecule has 0 fully saturated rings. The molecule has 0 aromatic carbocycles. The van der Waals surface area contributed by atoms with E-state index in [1.54, 1.807) is 18.5 Å². The fourth-order valence-corrected chi connectivity index (χ4v) is 8.80. The molecule has 0 saturated heterocycles. The Morgan fingerprint density at radius 2 is 0.621 bits per heavy atom. The van der Waals surface area contributed by atoms with Crippen molar-refractivity contribution in [3.05, 3.63) is 0 Å². The van der Waals surface area contributed by atoms with Crippen molar-refractivity contribution < 1.29 is 0 Å². The first kappa shape index (κ1) is 34.9. The van der Waals surface area contributed by atoms with Crippen molar-refractivity contribution in [3.63, 3.8) is 0 Å². The molecular formula is C26H60BrP2+. The minimum absolute atomic E-state index is 0. The van der Waals surface area contributed by atoms with Gasteiger partial charge in [-0.2, -0.15) is 9.90 Å². The highest BCUT2D eigenvalue weighted by molar-refractivity contribution is 8.93. The zero-order valence-corrected chi connectivity index (χ0v) is 25.1. The lowest BCUT2D eigenvalue weighted by atomic mass is 10.1. The summed E-state index contributed by atoms with van der Waals surface area (Å²) in [4.78, 5) is 0. The van der Waals surface area contributed by atoms with Gasteiger partial charge in [0.05, 0.1) is 24.6 Å². The highest BCUT2D eigenvalue weighted by Gasteiger charge is 2.33. The van der Waals surface area contributed by atoms with Crippen LogP contribution in [0.25, 0.3) is 0 Å². The van der Waals surface area contributed by atoms with Crippen LogP contribution >= 0.6 is 34.1 Å². The van der Waals surface area contributed by atoms with Crippen LogP contribution in [0, 0.1) is 0 Å². The molecule has 0 rings (SSSR count). The van der Waals surface area contributed by atoms with Gasteiger partial charge >= 0.3 is 0 Å². The van der Waals surface area contributed by atoms with Gasteiger partial charge in [0.1, 0.15) is 0 Å². The molecule has 0 aliphatic carbocycles. The third kappa shape index (κ3) is 22.3. The van der Waals surface area contributed by atoms with Gasteiger partial charge in [-0.1, -0.05) is 97.8 Å². The van der Waals surface area contributed by atoms with Gasteiger partial charge in [-0.3, -0.25) is 0 Å². The maximum absolute atomic E-state index is 2.54. The lowest BCUT2D eigenvalue weighted by Crippen LogP contribution is -2.11. The molecule has 0 spiro atoms. The Morgan fingerprint density at radius 1 is 0.379 bits per heavy atom. The summed E-state index contributed by atoms with van der Waals surface area (Å²) in [5.41, 5.74) is 0. The van der Waals surface area contributed by atoms with E-state index in [-0.39, 0.29) is 26.9 Å². The molecule has 0 heterocycles. The van der Waals surface area contributed by atoms with Crippen LogP contribution in [0.4, 0.5) is 0 Å². The van der Waals surface area contributed by atoms with Crippen molar-refractivity contribution in [2.75, 3.05) is 24.6 Å². The monoisotopic (exact) mass is 513 g/mol. The zero-order chi connectivity index (χ0) is 20.1. The van der Waals surface area contributed by atoms with Gasteiger partial charge < -0.3 is 0 Å². The van der Waals surface area contributed by atoms with Crippen LogP contribution in [-0.4, -0.2) is 24.6 Å². The summed E-state index contributed by atoms with van der Waals surface area (Å²) in [5.74, 6) is 0. The second-order valence-electron chi connectivity index (χ2n) is 9.13. The fourth-order valence-electron chi connectivity index (χ4n) is 4.49. The van der Waals surface area contributed by atoms with Crippen LogP contribution in [0.15, 0.2) is 0 Å². The van der Waals surface area contributed by atoms with E-state index < -0.39 is 7.26 Å². The predicted octanol–water partition coefficient (Wildman–Crippen LogP) is 10.7. The predicted molar refractivity (Wildman–Crippen MR) is 154 cm³/mol. The molecule has 3 heteroatoms. The molecule has 1 atom stereocenters. The van der Waals surface area contributed by atoms with E-state index in [0.717, 1.165) is 0 Å². The quantitative estimate of drug-likeness (QED) is 0.0995. The minimum Gasteiger partial charge on any atom is -0.153 e. The Hall–Kier alpha value is 1.34. The van der Waals surface area contributed by atoms with Crippen molar-refractivity contribution in [3.8, 4) is 0 Å². The molecule has 0 aliphatic rings. The minimum atomic E-state index is -0.644. The second kappa shape index (κ2) is 27.4. The van der Waals surface area contributed by atoms with Crippen LogP contribution in [0.3, 0.4) is 0 Å². The Kier molecular flexibility index (Phi) is 33.0. The highest BCUT2D eigenvalue weighted by Crippen LogP contribution is 2.60. The topological polar surface area (TPSA) is 0 Å². The maximum Gasteiger partial charge on any atom is 0.0594 e. The summed E-state index contributed by atoms with van der Waals surface area (Å²) in [7, 11) is -0.644. The van der Waals surface area contributed by atoms with E-state index in [1.165, 1.54) is 122 Å². The summed E-state index contributed by atoms with van der Waals surface area (Å²) in [6.45, 7) is 9.52. The molecule has 0 radical (unpaired) electrons. The van der Waals surface area contributed by atoms with Gasteiger partial charge in [-0.15, -0.1) is 17.0 Å². The van der Waals surface area contributed by atoms with E-state index in [0.29, 0.717) is 0 Å². The van der Waals surface area contributed by atoms with Crippen molar-refractivity contribution in [2.24, 2.45) is 0 Å². The van der Waals surface area contributed by atoms with Crippen LogP contribution in [0.1, 0.15) is 143 Å². The average molecular weight is 515 g/mol. The summed E-state index contributed by atoms with van der Waals surface area (Å²) in [6.07, 6.45) is 32.9. The molecule has 0 amide bonds. The third-order valence-corrected chi connectivity index (χ3v) is 11.8. The summed E-state index contributed by atoms with van der Waals surface area (Å²) >= 11 is 0. The second-order valence-corrected chi connectivity index (χ2v) is 13.8. The normalized spacial score (nSPS) is 11.2. The number of rotatable bonds is 22. The van der Waals surface area contributed by atoms with Gasteiger partial charge in [0.2, 0.25) is 0 Å². The fraction of sp³-hybridized carbons (Fsp3) is 1.00. The van der Waals surface area contributed by atoms with Gasteiger partial charge in [-0.05, 0) is 45.4 Å². The molecule has 0 saturated carbocycles. The Bertz CT molecular complexity index is 243. The number of hydrogen-bond donors (Lipinski definition) is 0. The molecular weight excluding hydrogens is 454 g/mol. The van der Waals surface area contributed by atoms with Gasteiger partial charge in [0.15, 0.2) is 0 Å². The van der Waals surface area contributed by atoms with Crippen molar-refractivity contribution in [2.45, 2.75) is 143 Å². The first-order chi connectivity index (χ1) is 13.2. The molecule has 29 heavy (non-hydrogen) atoms. The maximum atomic E-state index is 2.54. The largest absolute Gasteiger partial charge is 0.153 e. The Morgan fingerprint density at radius 3 is 0.862 bits per heavy atom.